The van der Waals surface area contributed by atoms with Crippen LogP contribution in [-0.2, 0) is 0 Å². The minimum Gasteiger partial charge on any atom is -0.267 e. The van der Waals surface area contributed by atoms with Crippen molar-refractivity contribution in [2.45, 2.75) is 20.3 Å². The van der Waals surface area contributed by atoms with Gasteiger partial charge in [-0.1, -0.05) is 25.1 Å². The molecular formula is C11H14N2O. The third-order valence-electron chi connectivity index (χ3n) is 1.83. The lowest BCUT2D eigenvalue weighted by molar-refractivity contribution is 0.0954. The Labute approximate surface area is 83.8 Å². The van der Waals surface area contributed by atoms with Crippen molar-refractivity contribution in [2.24, 2.45) is 5.10 Å². The standard InChI is InChI=1S/C11H14N2O/c1-3-8-12-13-11(14)10-7-5-4-6-9(10)2/h4-8H,3H2,1-2H3,(H,13,14)/b12-8+. The summed E-state index contributed by atoms with van der Waals surface area (Å²) in [5.41, 5.74) is 4.09. The first-order valence-corrected chi connectivity index (χ1v) is 4.63. The number of nitrogens with zero attached hydrogens (tertiary/aromatic N) is 1. The van der Waals surface area contributed by atoms with Crippen LogP contribution in [0.1, 0.15) is 29.3 Å². The Morgan fingerprint density at radius 1 is 1.50 bits per heavy atom. The van der Waals surface area contributed by atoms with Gasteiger partial charge in [-0.2, -0.15) is 5.10 Å². The van der Waals surface area contributed by atoms with Gasteiger partial charge in [0.05, 0.1) is 0 Å². The maximum absolute atomic E-state index is 11.5. The number of hydrogen-bond acceptors (Lipinski definition) is 2. The highest BCUT2D eigenvalue weighted by molar-refractivity contribution is 5.95. The molecule has 0 aliphatic carbocycles. The maximum atomic E-state index is 11.5. The lowest BCUT2D eigenvalue weighted by Crippen LogP contribution is -2.18. The van der Waals surface area contributed by atoms with Gasteiger partial charge >= 0.3 is 0 Å². The molecule has 3 heteroatoms. The van der Waals surface area contributed by atoms with E-state index in [2.05, 4.69) is 10.5 Å². The Bertz CT molecular complexity index is 345. The van der Waals surface area contributed by atoms with Crippen LogP contribution in [0.4, 0.5) is 0 Å². The predicted molar refractivity (Wildman–Crippen MR) is 57.4 cm³/mol. The Morgan fingerprint density at radius 2 is 2.21 bits per heavy atom. The summed E-state index contributed by atoms with van der Waals surface area (Å²) in [6, 6.07) is 7.43. The molecule has 1 aromatic rings. The van der Waals surface area contributed by atoms with Gasteiger partial charge in [-0.3, -0.25) is 4.79 Å². The van der Waals surface area contributed by atoms with E-state index in [0.29, 0.717) is 5.56 Å². The molecule has 74 valence electrons. The molecule has 0 atom stereocenters. The molecule has 0 unspecified atom stereocenters. The molecule has 3 nitrogen and oxygen atoms in total. The van der Waals surface area contributed by atoms with Gasteiger partial charge < -0.3 is 0 Å². The van der Waals surface area contributed by atoms with Gasteiger partial charge in [0.15, 0.2) is 0 Å². The summed E-state index contributed by atoms with van der Waals surface area (Å²) in [6.07, 6.45) is 2.48. The quantitative estimate of drug-likeness (QED) is 0.575. The fourth-order valence-corrected chi connectivity index (χ4v) is 1.08. The van der Waals surface area contributed by atoms with Gasteiger partial charge in [-0.15, -0.1) is 0 Å². The smallest absolute Gasteiger partial charge is 0.267 e. The van der Waals surface area contributed by atoms with Crippen LogP contribution in [0.2, 0.25) is 0 Å². The monoisotopic (exact) mass is 190 g/mol. The second-order valence-electron chi connectivity index (χ2n) is 2.98. The summed E-state index contributed by atoms with van der Waals surface area (Å²) in [5.74, 6) is -0.159. The molecule has 0 aliphatic heterocycles. The Hall–Kier alpha value is -1.64. The minimum atomic E-state index is -0.159. The van der Waals surface area contributed by atoms with Gasteiger partial charge in [0.25, 0.3) is 5.91 Å². The molecule has 1 N–H and O–H groups in total. The Morgan fingerprint density at radius 3 is 2.86 bits per heavy atom. The fraction of sp³-hybridized carbons (Fsp3) is 0.273. The average molecular weight is 190 g/mol. The van der Waals surface area contributed by atoms with E-state index in [9.17, 15) is 4.79 Å². The number of hydrazone groups is 1. The van der Waals surface area contributed by atoms with E-state index in [-0.39, 0.29) is 5.91 Å². The molecule has 14 heavy (non-hydrogen) atoms. The van der Waals surface area contributed by atoms with E-state index in [1.54, 1.807) is 12.3 Å². The molecule has 1 amide bonds. The van der Waals surface area contributed by atoms with Crippen molar-refractivity contribution in [2.75, 3.05) is 0 Å². The zero-order valence-electron chi connectivity index (χ0n) is 8.45. The average Bonchev–Trinajstić information content (AvgIpc) is 2.18. The van der Waals surface area contributed by atoms with Crippen LogP contribution in [0.3, 0.4) is 0 Å². The summed E-state index contributed by atoms with van der Waals surface area (Å²) in [5, 5.41) is 3.78. The van der Waals surface area contributed by atoms with E-state index < -0.39 is 0 Å². The molecule has 0 saturated heterocycles. The van der Waals surface area contributed by atoms with Crippen molar-refractivity contribution >= 4 is 12.1 Å². The first-order valence-electron chi connectivity index (χ1n) is 4.63. The molecular weight excluding hydrogens is 176 g/mol. The number of benzene rings is 1. The lowest BCUT2D eigenvalue weighted by Gasteiger charge is -2.02. The zero-order chi connectivity index (χ0) is 10.4. The third kappa shape index (κ3) is 2.69. The molecule has 1 aromatic carbocycles. The second-order valence-corrected chi connectivity index (χ2v) is 2.98. The molecule has 0 radical (unpaired) electrons. The Kier molecular flexibility index (Phi) is 3.85. The number of nitrogens with one attached hydrogen (secondary N) is 1. The third-order valence-corrected chi connectivity index (χ3v) is 1.83. The molecule has 0 aliphatic rings. The number of hydrogen-bond donors (Lipinski definition) is 1. The number of carbonyl (C=O) groups is 1. The van der Waals surface area contributed by atoms with Crippen molar-refractivity contribution < 1.29 is 4.79 Å². The molecule has 0 fully saturated rings. The molecule has 0 spiro atoms. The maximum Gasteiger partial charge on any atom is 0.271 e. The molecule has 0 bridgehead atoms. The summed E-state index contributed by atoms with van der Waals surface area (Å²) < 4.78 is 0. The lowest BCUT2D eigenvalue weighted by atomic mass is 10.1. The molecule has 0 saturated carbocycles. The number of amides is 1. The van der Waals surface area contributed by atoms with E-state index in [0.717, 1.165) is 12.0 Å². The highest BCUT2D eigenvalue weighted by Crippen LogP contribution is 2.05. The number of rotatable bonds is 3. The van der Waals surface area contributed by atoms with E-state index >= 15 is 0 Å². The predicted octanol–water partition coefficient (Wildman–Crippen LogP) is 2.12. The largest absolute Gasteiger partial charge is 0.271 e. The van der Waals surface area contributed by atoms with Crippen molar-refractivity contribution in [1.29, 1.82) is 0 Å². The van der Waals surface area contributed by atoms with Crippen molar-refractivity contribution in [3.05, 3.63) is 35.4 Å². The topological polar surface area (TPSA) is 41.5 Å². The van der Waals surface area contributed by atoms with Crippen molar-refractivity contribution in [1.82, 2.24) is 5.43 Å². The normalized spacial score (nSPS) is 10.4. The van der Waals surface area contributed by atoms with Gasteiger partial charge in [-0.05, 0) is 25.0 Å². The first kappa shape index (κ1) is 10.4. The van der Waals surface area contributed by atoms with Gasteiger partial charge in [0, 0.05) is 11.8 Å². The molecule has 0 heterocycles. The minimum absolute atomic E-state index is 0.159. The van der Waals surface area contributed by atoms with Gasteiger partial charge in [-0.25, -0.2) is 5.43 Å². The van der Waals surface area contributed by atoms with Crippen LogP contribution < -0.4 is 5.43 Å². The van der Waals surface area contributed by atoms with Gasteiger partial charge in [0.2, 0.25) is 0 Å². The fourth-order valence-electron chi connectivity index (χ4n) is 1.08. The van der Waals surface area contributed by atoms with Gasteiger partial charge in [0.1, 0.15) is 0 Å². The van der Waals surface area contributed by atoms with E-state index in [1.807, 2.05) is 32.0 Å². The Balaban J connectivity index is 2.70. The van der Waals surface area contributed by atoms with Crippen LogP contribution in [0.15, 0.2) is 29.4 Å². The van der Waals surface area contributed by atoms with Crippen molar-refractivity contribution in [3.8, 4) is 0 Å². The van der Waals surface area contributed by atoms with E-state index in [1.165, 1.54) is 0 Å². The molecule has 0 aromatic heterocycles. The summed E-state index contributed by atoms with van der Waals surface area (Å²) in [4.78, 5) is 11.5. The van der Waals surface area contributed by atoms with Crippen molar-refractivity contribution in [3.63, 3.8) is 0 Å². The summed E-state index contributed by atoms with van der Waals surface area (Å²) in [7, 11) is 0. The van der Waals surface area contributed by atoms with Crippen LogP contribution in [-0.4, -0.2) is 12.1 Å². The number of aryl methyl sites for hydroxylation is 1. The first-order chi connectivity index (χ1) is 6.75. The molecule has 1 rings (SSSR count). The van der Waals surface area contributed by atoms with Crippen LogP contribution in [0, 0.1) is 6.92 Å². The number of carbonyl (C=O) groups excluding carboxylic acids is 1. The summed E-state index contributed by atoms with van der Waals surface area (Å²) in [6.45, 7) is 3.86. The van der Waals surface area contributed by atoms with Crippen LogP contribution in [0.5, 0.6) is 0 Å². The van der Waals surface area contributed by atoms with E-state index in [4.69, 9.17) is 0 Å². The van der Waals surface area contributed by atoms with Crippen LogP contribution >= 0.6 is 0 Å². The zero-order valence-corrected chi connectivity index (χ0v) is 8.45. The highest BCUT2D eigenvalue weighted by Gasteiger charge is 2.05. The highest BCUT2D eigenvalue weighted by atomic mass is 16.2. The second kappa shape index (κ2) is 5.17. The SMILES string of the molecule is CC/C=N/NC(=O)c1ccccc1C. The van der Waals surface area contributed by atoms with Crippen LogP contribution in [0.25, 0.3) is 0 Å². The summed E-state index contributed by atoms with van der Waals surface area (Å²) >= 11 is 0.